The number of rotatable bonds is 6. The van der Waals surface area contributed by atoms with Gasteiger partial charge in [-0.2, -0.15) is 0 Å². The molecule has 0 saturated carbocycles. The summed E-state index contributed by atoms with van der Waals surface area (Å²) < 4.78 is 6.73. The molecule has 0 amide bonds. The Labute approximate surface area is 366 Å². The van der Waals surface area contributed by atoms with Gasteiger partial charge in [0.25, 0.3) is 0 Å². The number of furan rings is 1. The second-order valence-electron chi connectivity index (χ2n) is 17.1. The van der Waals surface area contributed by atoms with E-state index in [0.29, 0.717) is 0 Å². The molecule has 0 radical (unpaired) electrons. The van der Waals surface area contributed by atoms with Gasteiger partial charge >= 0.3 is 0 Å². The quantitative estimate of drug-likeness (QED) is 0.196. The van der Waals surface area contributed by atoms with Gasteiger partial charge in [0, 0.05) is 33.1 Å². The number of para-hydroxylation sites is 1. The Morgan fingerprint density at radius 3 is 1.62 bits per heavy atom. The standard InChI is InChI=1S/C50H42B9NO/c51-40-38(41(52)45(56)46(57)44(40)55)39-42(53)47(58)49(48(59)43(39)54)60(30-21-18-26(19-22-30)29-17-16-25-8-1-2-10-28(25)24-29)35-14-6-5-12-32(35)33-13-7-15-36-37(33)34-23-20-27-9-3-4-11-31(27)50(34)61-36/h1-24H,51-59H2. The summed E-state index contributed by atoms with van der Waals surface area (Å²) in [5, 5.41) is 7.06. The molecule has 0 unspecified atom stereocenters. The van der Waals surface area contributed by atoms with Gasteiger partial charge in [0.2, 0.25) is 0 Å². The molecular formula is C50H42B9NO. The first-order valence-corrected chi connectivity index (χ1v) is 21.5. The van der Waals surface area contributed by atoms with Crippen LogP contribution < -0.4 is 54.1 Å². The van der Waals surface area contributed by atoms with Crippen molar-refractivity contribution in [2.45, 2.75) is 0 Å². The largest absolute Gasteiger partial charge is 0.455 e. The Morgan fingerprint density at radius 1 is 0.377 bits per heavy atom. The number of fused-ring (bicyclic) bond motifs is 6. The fraction of sp³-hybridized carbons (Fsp3) is 0. The van der Waals surface area contributed by atoms with Crippen LogP contribution in [-0.4, -0.2) is 70.6 Å². The molecule has 10 rings (SSSR count). The van der Waals surface area contributed by atoms with Gasteiger partial charge in [0.15, 0.2) is 0 Å². The molecule has 280 valence electrons. The molecule has 2 nitrogen and oxygen atoms in total. The predicted molar refractivity (Wildman–Crippen MR) is 293 cm³/mol. The highest BCUT2D eigenvalue weighted by molar-refractivity contribution is 6.71. The lowest BCUT2D eigenvalue weighted by Gasteiger charge is -2.34. The van der Waals surface area contributed by atoms with E-state index in [2.05, 4.69) is 221 Å². The minimum absolute atomic E-state index is 0.891. The number of anilines is 3. The molecule has 11 heteroatoms. The number of hydrogen-bond acceptors (Lipinski definition) is 2. The van der Waals surface area contributed by atoms with E-state index in [9.17, 15) is 0 Å². The molecular weight excluding hydrogens is 728 g/mol. The summed E-state index contributed by atoms with van der Waals surface area (Å²) >= 11 is 0. The van der Waals surface area contributed by atoms with Crippen LogP contribution >= 0.6 is 0 Å². The fourth-order valence-electron chi connectivity index (χ4n) is 10.1. The first-order chi connectivity index (χ1) is 29.5. The lowest BCUT2D eigenvalue weighted by molar-refractivity contribution is 0.673. The smallest absolute Gasteiger partial charge is 0.143 e. The number of nitrogens with zero attached hydrogens (tertiary/aromatic N) is 1. The zero-order valence-corrected chi connectivity index (χ0v) is 36.7. The van der Waals surface area contributed by atoms with E-state index in [1.54, 1.807) is 0 Å². The fourth-order valence-corrected chi connectivity index (χ4v) is 10.1. The molecule has 0 fully saturated rings. The van der Waals surface area contributed by atoms with E-state index in [1.165, 1.54) is 93.3 Å². The third kappa shape index (κ3) is 6.15. The second-order valence-corrected chi connectivity index (χ2v) is 17.1. The lowest BCUT2D eigenvalue weighted by Crippen LogP contribution is -2.57. The highest BCUT2D eigenvalue weighted by Crippen LogP contribution is 2.45. The monoisotopic (exact) mass is 771 g/mol. The molecule has 1 heterocycles. The van der Waals surface area contributed by atoms with Gasteiger partial charge in [-0.15, -0.1) is 16.4 Å². The summed E-state index contributed by atoms with van der Waals surface area (Å²) in [6.07, 6.45) is 0. The van der Waals surface area contributed by atoms with Crippen LogP contribution in [0, 0.1) is 0 Å². The molecule has 61 heavy (non-hydrogen) atoms. The first-order valence-electron chi connectivity index (χ1n) is 21.5. The SMILES string of the molecule is Bc1c(B)c(B)c(-c2c(B)c(B)c(N(c3ccc(-c4ccc5ccccc5c4)cc3)c3ccccc3-c3cccc4oc5c6ccccc6ccc5c34)c(B)c2B)c(B)c1B. The van der Waals surface area contributed by atoms with Crippen molar-refractivity contribution in [1.82, 2.24) is 0 Å². The minimum Gasteiger partial charge on any atom is -0.455 e. The van der Waals surface area contributed by atoms with Crippen LogP contribution in [0.4, 0.5) is 17.1 Å². The van der Waals surface area contributed by atoms with Crippen molar-refractivity contribution >= 4 is 180 Å². The van der Waals surface area contributed by atoms with Crippen molar-refractivity contribution in [3.05, 3.63) is 146 Å². The van der Waals surface area contributed by atoms with Crippen LogP contribution in [0.25, 0.3) is 76.9 Å². The van der Waals surface area contributed by atoms with Crippen molar-refractivity contribution in [1.29, 1.82) is 0 Å². The Balaban J connectivity index is 1.23. The summed E-state index contributed by atoms with van der Waals surface area (Å²) in [4.78, 5) is 2.52. The van der Waals surface area contributed by atoms with Crippen molar-refractivity contribution < 1.29 is 4.42 Å². The Morgan fingerprint density at radius 2 is 0.918 bits per heavy atom. The van der Waals surface area contributed by atoms with Crippen LogP contribution in [0.2, 0.25) is 0 Å². The maximum absolute atomic E-state index is 6.73. The average molecular weight is 770 g/mol. The second kappa shape index (κ2) is 15.0. The molecule has 0 aliphatic heterocycles. The molecule has 0 aliphatic carbocycles. The van der Waals surface area contributed by atoms with Crippen LogP contribution in [0.3, 0.4) is 0 Å². The molecule has 9 aromatic carbocycles. The minimum atomic E-state index is 0.891. The third-order valence-electron chi connectivity index (χ3n) is 14.1. The summed E-state index contributed by atoms with van der Waals surface area (Å²) in [5.41, 5.74) is 24.8. The summed E-state index contributed by atoms with van der Waals surface area (Å²) in [5.74, 6) is 0. The van der Waals surface area contributed by atoms with Gasteiger partial charge in [-0.3, -0.25) is 0 Å². The Kier molecular flexibility index (Phi) is 9.55. The van der Waals surface area contributed by atoms with E-state index in [1.807, 2.05) is 0 Å². The topological polar surface area (TPSA) is 16.4 Å². The van der Waals surface area contributed by atoms with Crippen LogP contribution in [0.15, 0.2) is 150 Å². The maximum atomic E-state index is 6.73. The summed E-state index contributed by atoms with van der Waals surface area (Å²) in [6.45, 7) is 0. The molecule has 0 atom stereocenters. The van der Waals surface area contributed by atoms with E-state index in [-0.39, 0.29) is 0 Å². The maximum Gasteiger partial charge on any atom is 0.143 e. The molecule has 0 aliphatic rings. The summed E-state index contributed by atoms with van der Waals surface area (Å²) in [7, 11) is 20.8. The molecule has 0 saturated heterocycles. The summed E-state index contributed by atoms with van der Waals surface area (Å²) in [6, 6.07) is 52.9. The van der Waals surface area contributed by atoms with E-state index in [4.69, 9.17) is 4.42 Å². The van der Waals surface area contributed by atoms with Gasteiger partial charge in [-0.25, -0.2) is 0 Å². The van der Waals surface area contributed by atoms with E-state index in [0.717, 1.165) is 49.8 Å². The zero-order valence-electron chi connectivity index (χ0n) is 36.7. The van der Waals surface area contributed by atoms with Crippen LogP contribution in [0.5, 0.6) is 0 Å². The Bertz CT molecular complexity index is 3380. The number of benzene rings is 9. The Hall–Kier alpha value is -6.32. The highest BCUT2D eigenvalue weighted by Gasteiger charge is 2.27. The molecule has 0 bridgehead atoms. The van der Waals surface area contributed by atoms with Crippen molar-refractivity contribution in [2.75, 3.05) is 4.90 Å². The van der Waals surface area contributed by atoms with Gasteiger partial charge in [0.1, 0.15) is 81.8 Å². The van der Waals surface area contributed by atoms with Crippen molar-refractivity contribution in [2.24, 2.45) is 0 Å². The molecule has 0 N–H and O–H groups in total. The van der Waals surface area contributed by atoms with E-state index < -0.39 is 0 Å². The predicted octanol–water partition coefficient (Wildman–Crippen LogP) is -1.31. The lowest BCUT2D eigenvalue weighted by atomic mass is 9.56. The number of hydrogen-bond donors (Lipinski definition) is 0. The highest BCUT2D eigenvalue weighted by atomic mass is 16.3. The first kappa shape index (κ1) is 38.9. The van der Waals surface area contributed by atoms with Gasteiger partial charge < -0.3 is 9.32 Å². The molecule has 10 aromatic rings. The average Bonchev–Trinajstić information content (AvgIpc) is 3.69. The molecule has 1 aromatic heterocycles. The van der Waals surface area contributed by atoms with Crippen molar-refractivity contribution in [3.63, 3.8) is 0 Å². The van der Waals surface area contributed by atoms with E-state index >= 15 is 0 Å². The van der Waals surface area contributed by atoms with Crippen molar-refractivity contribution in [3.8, 4) is 33.4 Å². The third-order valence-corrected chi connectivity index (χ3v) is 14.1. The van der Waals surface area contributed by atoms with Gasteiger partial charge in [-0.05, 0) is 80.4 Å². The zero-order chi connectivity index (χ0) is 42.3. The van der Waals surface area contributed by atoms with Crippen LogP contribution in [0.1, 0.15) is 0 Å². The molecule has 0 spiro atoms. The van der Waals surface area contributed by atoms with Crippen LogP contribution in [-0.2, 0) is 0 Å². The van der Waals surface area contributed by atoms with Gasteiger partial charge in [0.05, 0.1) is 5.69 Å². The van der Waals surface area contributed by atoms with Gasteiger partial charge in [-0.1, -0.05) is 142 Å². The normalized spacial score (nSPS) is 11.5.